The summed E-state index contributed by atoms with van der Waals surface area (Å²) in [6, 6.07) is 10.5. The van der Waals surface area contributed by atoms with E-state index in [4.69, 9.17) is 4.42 Å². The largest absolute Gasteiger partial charge is 0.479 e. The Bertz CT molecular complexity index is 996. The Morgan fingerprint density at radius 1 is 1.19 bits per heavy atom. The number of fused-ring (bicyclic) bond motifs is 1. The lowest BCUT2D eigenvalue weighted by Gasteiger charge is -2.34. The van der Waals surface area contributed by atoms with Gasteiger partial charge in [-0.25, -0.2) is 14.2 Å². The Hall–Kier alpha value is -3.22. The van der Waals surface area contributed by atoms with E-state index >= 15 is 0 Å². The van der Waals surface area contributed by atoms with Crippen LogP contribution in [0.25, 0.3) is 22.6 Å². The molecule has 1 heterocycles. The van der Waals surface area contributed by atoms with Gasteiger partial charge in [0, 0.05) is 19.5 Å². The van der Waals surface area contributed by atoms with Crippen molar-refractivity contribution in [3.05, 3.63) is 53.8 Å². The fourth-order valence-corrected chi connectivity index (χ4v) is 2.72. The smallest absolute Gasteiger partial charge is 0.334 e. The maximum absolute atomic E-state index is 13.1. The van der Waals surface area contributed by atoms with Crippen molar-refractivity contribution in [1.82, 2.24) is 9.88 Å². The van der Waals surface area contributed by atoms with Gasteiger partial charge in [-0.3, -0.25) is 4.79 Å². The Balaban J connectivity index is 2.10. The third kappa shape index (κ3) is 2.81. The summed E-state index contributed by atoms with van der Waals surface area (Å²) in [5.41, 5.74) is 0.368. The number of carbonyl (C=O) groups is 2. The van der Waals surface area contributed by atoms with Crippen LogP contribution in [0.3, 0.4) is 0 Å². The van der Waals surface area contributed by atoms with Gasteiger partial charge in [-0.05, 0) is 48.9 Å². The van der Waals surface area contributed by atoms with Crippen LogP contribution in [0.1, 0.15) is 19.4 Å². The van der Waals surface area contributed by atoms with Crippen LogP contribution in [-0.2, 0) is 15.1 Å². The Morgan fingerprint density at radius 2 is 1.85 bits per heavy atom. The fraction of sp³-hybridized carbons (Fsp3) is 0.211. The van der Waals surface area contributed by atoms with E-state index in [9.17, 15) is 19.1 Å². The number of hydrogen-bond donors (Lipinski definition) is 1. The van der Waals surface area contributed by atoms with Crippen LogP contribution in [0.5, 0.6) is 0 Å². The zero-order chi connectivity index (χ0) is 19.1. The number of aromatic nitrogens is 1. The lowest BCUT2D eigenvalue weighted by atomic mass is 9.90. The molecule has 3 aromatic rings. The summed E-state index contributed by atoms with van der Waals surface area (Å²) in [5.74, 6) is -1.59. The van der Waals surface area contributed by atoms with Crippen molar-refractivity contribution in [2.75, 3.05) is 7.05 Å². The van der Waals surface area contributed by atoms with Gasteiger partial charge in [0.25, 0.3) is 0 Å². The van der Waals surface area contributed by atoms with Crippen LogP contribution in [0, 0.1) is 5.82 Å². The van der Waals surface area contributed by atoms with Crippen molar-refractivity contribution in [2.24, 2.45) is 0 Å². The first-order valence-corrected chi connectivity index (χ1v) is 7.88. The van der Waals surface area contributed by atoms with Crippen LogP contribution in [0.15, 0.2) is 46.9 Å². The first kappa shape index (κ1) is 17.6. The Labute approximate surface area is 148 Å². The second-order valence-electron chi connectivity index (χ2n) is 6.16. The third-order valence-electron chi connectivity index (χ3n) is 4.60. The summed E-state index contributed by atoms with van der Waals surface area (Å²) >= 11 is 0. The lowest BCUT2D eigenvalue weighted by molar-refractivity contribution is -0.156. The van der Waals surface area contributed by atoms with Gasteiger partial charge in [0.1, 0.15) is 11.3 Å². The van der Waals surface area contributed by atoms with E-state index in [-0.39, 0.29) is 11.7 Å². The number of carbonyl (C=O) groups excluding carboxylic acids is 1. The molecule has 6 nitrogen and oxygen atoms in total. The van der Waals surface area contributed by atoms with E-state index in [0.29, 0.717) is 28.1 Å². The number of benzene rings is 2. The van der Waals surface area contributed by atoms with Crippen molar-refractivity contribution >= 4 is 23.0 Å². The van der Waals surface area contributed by atoms with Gasteiger partial charge < -0.3 is 14.4 Å². The molecule has 0 radical (unpaired) electrons. The summed E-state index contributed by atoms with van der Waals surface area (Å²) in [4.78, 5) is 29.2. The van der Waals surface area contributed by atoms with E-state index in [1.807, 2.05) is 0 Å². The molecule has 0 aliphatic carbocycles. The molecule has 0 bridgehead atoms. The maximum Gasteiger partial charge on any atom is 0.334 e. The highest BCUT2D eigenvalue weighted by molar-refractivity contribution is 5.88. The molecule has 26 heavy (non-hydrogen) atoms. The molecule has 1 unspecified atom stereocenters. The monoisotopic (exact) mass is 356 g/mol. The minimum Gasteiger partial charge on any atom is -0.479 e. The normalized spacial score (nSPS) is 13.4. The van der Waals surface area contributed by atoms with E-state index in [1.54, 1.807) is 30.3 Å². The molecule has 3 rings (SSSR count). The average molecular weight is 356 g/mol. The molecule has 0 aliphatic heterocycles. The van der Waals surface area contributed by atoms with Crippen LogP contribution < -0.4 is 0 Å². The topological polar surface area (TPSA) is 83.6 Å². The van der Waals surface area contributed by atoms with Crippen LogP contribution in [0.2, 0.25) is 0 Å². The molecule has 0 saturated carbocycles. The molecule has 0 aliphatic rings. The summed E-state index contributed by atoms with van der Waals surface area (Å²) in [6.07, 6.45) is 0. The number of carboxylic acids is 1. The minimum atomic E-state index is -1.55. The molecule has 2 aromatic carbocycles. The van der Waals surface area contributed by atoms with Crippen molar-refractivity contribution in [1.29, 1.82) is 0 Å². The fourth-order valence-electron chi connectivity index (χ4n) is 2.72. The standard InChI is InChI=1S/C19H17FN2O4/c1-11(23)22(3)19(2,18(24)25)13-6-9-16-15(10-13)21-17(26-16)12-4-7-14(20)8-5-12/h4-10H,1-3H3,(H,24,25). The van der Waals surface area contributed by atoms with Crippen molar-refractivity contribution < 1.29 is 23.5 Å². The third-order valence-corrected chi connectivity index (χ3v) is 4.60. The number of hydrogen-bond acceptors (Lipinski definition) is 4. The van der Waals surface area contributed by atoms with Crippen molar-refractivity contribution in [3.63, 3.8) is 0 Å². The Morgan fingerprint density at radius 3 is 2.42 bits per heavy atom. The van der Waals surface area contributed by atoms with Gasteiger partial charge in [0.15, 0.2) is 11.1 Å². The molecular weight excluding hydrogens is 339 g/mol. The van der Waals surface area contributed by atoms with E-state index in [1.165, 1.54) is 33.0 Å². The molecular formula is C19H17FN2O4. The molecule has 0 spiro atoms. The molecule has 1 aromatic heterocycles. The number of rotatable bonds is 4. The number of amides is 1. The number of halogens is 1. The predicted molar refractivity (Wildman–Crippen MR) is 92.8 cm³/mol. The van der Waals surface area contributed by atoms with E-state index in [2.05, 4.69) is 4.98 Å². The van der Waals surface area contributed by atoms with E-state index < -0.39 is 11.5 Å². The first-order chi connectivity index (χ1) is 12.2. The van der Waals surface area contributed by atoms with Crippen molar-refractivity contribution in [3.8, 4) is 11.5 Å². The number of likely N-dealkylation sites (N-methyl/N-ethyl adjacent to an activating group) is 1. The number of aliphatic carboxylic acids is 1. The number of carboxylic acid groups (broad SMARTS) is 1. The maximum atomic E-state index is 13.1. The van der Waals surface area contributed by atoms with Gasteiger partial charge in [-0.2, -0.15) is 0 Å². The van der Waals surface area contributed by atoms with Crippen LogP contribution >= 0.6 is 0 Å². The molecule has 0 saturated heterocycles. The highest BCUT2D eigenvalue weighted by Crippen LogP contribution is 2.32. The minimum absolute atomic E-state index is 0.300. The molecule has 134 valence electrons. The van der Waals surface area contributed by atoms with Crippen molar-refractivity contribution in [2.45, 2.75) is 19.4 Å². The summed E-state index contributed by atoms with van der Waals surface area (Å²) in [6.45, 7) is 2.77. The quantitative estimate of drug-likeness (QED) is 0.774. The van der Waals surface area contributed by atoms with Gasteiger partial charge in [0.2, 0.25) is 11.8 Å². The average Bonchev–Trinajstić information content (AvgIpc) is 3.03. The molecule has 1 amide bonds. The van der Waals surface area contributed by atoms with E-state index in [0.717, 1.165) is 4.90 Å². The lowest BCUT2D eigenvalue weighted by Crippen LogP contribution is -2.49. The zero-order valence-electron chi connectivity index (χ0n) is 14.5. The van der Waals surface area contributed by atoms with Crippen LogP contribution in [-0.4, -0.2) is 33.9 Å². The summed E-state index contributed by atoms with van der Waals surface area (Å²) in [5, 5.41) is 9.71. The number of nitrogens with zero attached hydrogens (tertiary/aromatic N) is 2. The number of oxazole rings is 1. The zero-order valence-corrected chi connectivity index (χ0v) is 14.5. The van der Waals surface area contributed by atoms with Crippen LogP contribution in [0.4, 0.5) is 4.39 Å². The predicted octanol–water partition coefficient (Wildman–Crippen LogP) is 3.41. The second kappa shape index (κ2) is 6.25. The molecule has 7 heteroatoms. The second-order valence-corrected chi connectivity index (χ2v) is 6.16. The van der Waals surface area contributed by atoms with Gasteiger partial charge in [-0.1, -0.05) is 6.07 Å². The summed E-state index contributed by atoms with van der Waals surface area (Å²) < 4.78 is 18.7. The highest BCUT2D eigenvalue weighted by Gasteiger charge is 2.41. The molecule has 1 N–H and O–H groups in total. The SMILES string of the molecule is CC(=O)N(C)C(C)(C(=O)O)c1ccc2oc(-c3ccc(F)cc3)nc2c1. The Kier molecular flexibility index (Phi) is 4.23. The van der Waals surface area contributed by atoms with Gasteiger partial charge >= 0.3 is 5.97 Å². The highest BCUT2D eigenvalue weighted by atomic mass is 19.1. The molecule has 1 atom stereocenters. The van der Waals surface area contributed by atoms with Gasteiger partial charge in [0.05, 0.1) is 0 Å². The molecule has 0 fully saturated rings. The first-order valence-electron chi connectivity index (χ1n) is 7.88. The summed E-state index contributed by atoms with van der Waals surface area (Å²) in [7, 11) is 1.44. The van der Waals surface area contributed by atoms with Gasteiger partial charge in [-0.15, -0.1) is 0 Å².